The molecule has 1 heterocycles. The van der Waals surface area contributed by atoms with Crippen molar-refractivity contribution in [3.05, 3.63) is 80.3 Å². The number of imide groups is 1. The number of amides is 2. The van der Waals surface area contributed by atoms with Gasteiger partial charge in [0.15, 0.2) is 0 Å². The van der Waals surface area contributed by atoms with Crippen molar-refractivity contribution in [2.75, 3.05) is 20.3 Å². The van der Waals surface area contributed by atoms with E-state index < -0.39 is 0 Å². The van der Waals surface area contributed by atoms with Gasteiger partial charge in [0.25, 0.3) is 11.1 Å². The lowest BCUT2D eigenvalue weighted by Gasteiger charge is -2.11. The summed E-state index contributed by atoms with van der Waals surface area (Å²) in [6, 6.07) is 20.3. The maximum atomic E-state index is 12.6. The Labute approximate surface area is 204 Å². The Morgan fingerprint density at radius 1 is 1.03 bits per heavy atom. The predicted octanol–water partition coefficient (Wildman–Crippen LogP) is 6.10. The van der Waals surface area contributed by atoms with Gasteiger partial charge in [-0.05, 0) is 86.9 Å². The van der Waals surface area contributed by atoms with Crippen molar-refractivity contribution in [2.45, 2.75) is 13.0 Å². The molecule has 0 aliphatic carbocycles. The zero-order valence-electron chi connectivity index (χ0n) is 17.5. The molecule has 1 aliphatic heterocycles. The first-order valence-corrected chi connectivity index (χ1v) is 12.1. The fourth-order valence-electron chi connectivity index (χ4n) is 3.42. The maximum absolute atomic E-state index is 12.6. The van der Waals surface area contributed by atoms with Crippen LogP contribution in [0.3, 0.4) is 0 Å². The number of benzene rings is 3. The topological polar surface area (TPSA) is 55.8 Å². The van der Waals surface area contributed by atoms with Gasteiger partial charge in [0.2, 0.25) is 0 Å². The number of carbonyl (C=O) groups is 2. The van der Waals surface area contributed by atoms with Crippen molar-refractivity contribution < 1.29 is 19.1 Å². The van der Waals surface area contributed by atoms with Crippen LogP contribution in [0.2, 0.25) is 0 Å². The fraction of sp³-hybridized carbons (Fsp3) is 0.200. The van der Waals surface area contributed by atoms with Crippen LogP contribution in [-0.4, -0.2) is 36.3 Å². The van der Waals surface area contributed by atoms with Crippen molar-refractivity contribution in [1.29, 1.82) is 0 Å². The van der Waals surface area contributed by atoms with E-state index in [1.165, 1.54) is 15.7 Å². The highest BCUT2D eigenvalue weighted by Crippen LogP contribution is 2.33. The van der Waals surface area contributed by atoms with E-state index in [2.05, 4.69) is 52.9 Å². The molecule has 32 heavy (non-hydrogen) atoms. The van der Waals surface area contributed by atoms with Crippen LogP contribution in [-0.2, 0) is 16.1 Å². The summed E-state index contributed by atoms with van der Waals surface area (Å²) in [5, 5.41) is 2.16. The van der Waals surface area contributed by atoms with Crippen LogP contribution in [0.15, 0.2) is 65.6 Å². The normalized spacial score (nSPS) is 15.2. The van der Waals surface area contributed by atoms with Crippen molar-refractivity contribution >= 4 is 62.3 Å². The standard InChI is InChI=1S/C25H22INO4S/c1-30-12-4-11-27-24(28)23(32-25(27)29)15-17-8-10-22(21(26)14-17)31-16-18-7-9-19-5-2-3-6-20(19)13-18/h2-3,5-10,13-15H,4,11-12,16H2,1H3/b23-15+. The summed E-state index contributed by atoms with van der Waals surface area (Å²) >= 11 is 3.21. The number of nitrogens with zero attached hydrogens (tertiary/aromatic N) is 1. The zero-order valence-corrected chi connectivity index (χ0v) is 20.5. The number of ether oxygens (including phenoxy) is 2. The largest absolute Gasteiger partial charge is 0.488 e. The zero-order chi connectivity index (χ0) is 22.5. The van der Waals surface area contributed by atoms with Crippen molar-refractivity contribution in [3.63, 3.8) is 0 Å². The quantitative estimate of drug-likeness (QED) is 0.190. The van der Waals surface area contributed by atoms with Gasteiger partial charge in [-0.25, -0.2) is 0 Å². The molecule has 4 rings (SSSR count). The number of carbonyl (C=O) groups excluding carboxylic acids is 2. The summed E-state index contributed by atoms with van der Waals surface area (Å²) in [6.07, 6.45) is 2.39. The third-order valence-corrected chi connectivity index (χ3v) is 6.82. The van der Waals surface area contributed by atoms with Crippen LogP contribution < -0.4 is 4.74 Å². The molecule has 3 aromatic carbocycles. The first kappa shape index (κ1) is 22.8. The summed E-state index contributed by atoms with van der Waals surface area (Å²) in [5.74, 6) is 0.534. The molecular weight excluding hydrogens is 537 g/mol. The number of thioether (sulfide) groups is 1. The molecule has 1 aliphatic rings. The summed E-state index contributed by atoms with van der Waals surface area (Å²) in [5.41, 5.74) is 1.96. The van der Waals surface area contributed by atoms with Crippen molar-refractivity contribution in [3.8, 4) is 5.75 Å². The van der Waals surface area contributed by atoms with Crippen molar-refractivity contribution in [1.82, 2.24) is 4.90 Å². The smallest absolute Gasteiger partial charge is 0.293 e. The van der Waals surface area contributed by atoms with Gasteiger partial charge in [-0.1, -0.05) is 42.5 Å². The molecule has 0 N–H and O–H groups in total. The van der Waals surface area contributed by atoms with Crippen LogP contribution in [0, 0.1) is 3.57 Å². The molecule has 3 aromatic rings. The Bertz CT molecular complexity index is 1190. The molecule has 0 radical (unpaired) electrons. The minimum Gasteiger partial charge on any atom is -0.488 e. The van der Waals surface area contributed by atoms with Crippen LogP contribution in [0.5, 0.6) is 5.75 Å². The monoisotopic (exact) mass is 559 g/mol. The number of halogens is 1. The summed E-state index contributed by atoms with van der Waals surface area (Å²) < 4.78 is 12.0. The van der Waals surface area contributed by atoms with Gasteiger partial charge in [-0.3, -0.25) is 14.5 Å². The second-order valence-corrected chi connectivity index (χ2v) is 9.50. The highest BCUT2D eigenvalue weighted by atomic mass is 127. The molecular formula is C25H22INO4S. The lowest BCUT2D eigenvalue weighted by atomic mass is 10.1. The number of hydrogen-bond acceptors (Lipinski definition) is 5. The van der Waals surface area contributed by atoms with Crippen LogP contribution in [0.4, 0.5) is 4.79 Å². The second kappa shape index (κ2) is 10.5. The third kappa shape index (κ3) is 5.33. The van der Waals surface area contributed by atoms with Gasteiger partial charge < -0.3 is 9.47 Å². The molecule has 0 aromatic heterocycles. The first-order valence-electron chi connectivity index (χ1n) is 10.2. The van der Waals surface area contributed by atoms with E-state index in [0.29, 0.717) is 31.1 Å². The summed E-state index contributed by atoms with van der Waals surface area (Å²) in [7, 11) is 1.60. The second-order valence-electron chi connectivity index (χ2n) is 7.34. The Kier molecular flexibility index (Phi) is 7.49. The molecule has 7 heteroatoms. The van der Waals surface area contributed by atoms with Crippen LogP contribution in [0.25, 0.3) is 16.8 Å². The Morgan fingerprint density at radius 2 is 1.84 bits per heavy atom. The van der Waals surface area contributed by atoms with E-state index in [-0.39, 0.29) is 11.1 Å². The van der Waals surface area contributed by atoms with E-state index in [1.54, 1.807) is 13.2 Å². The van der Waals surface area contributed by atoms with Gasteiger partial charge in [-0.15, -0.1) is 0 Å². The molecule has 0 atom stereocenters. The maximum Gasteiger partial charge on any atom is 0.293 e. The fourth-order valence-corrected chi connectivity index (χ4v) is 4.98. The number of methoxy groups -OCH3 is 1. The van der Waals surface area contributed by atoms with E-state index in [1.807, 2.05) is 30.3 Å². The Morgan fingerprint density at radius 3 is 2.62 bits per heavy atom. The number of hydrogen-bond donors (Lipinski definition) is 0. The summed E-state index contributed by atoms with van der Waals surface area (Å²) in [4.78, 5) is 26.5. The molecule has 5 nitrogen and oxygen atoms in total. The number of fused-ring (bicyclic) bond motifs is 1. The molecule has 0 bridgehead atoms. The molecule has 0 saturated carbocycles. The van der Waals surface area contributed by atoms with Crippen LogP contribution >= 0.6 is 34.4 Å². The molecule has 1 fully saturated rings. The number of rotatable bonds is 8. The molecule has 1 saturated heterocycles. The van der Waals surface area contributed by atoms with E-state index in [9.17, 15) is 9.59 Å². The first-order chi connectivity index (χ1) is 15.5. The van der Waals surface area contributed by atoms with E-state index in [4.69, 9.17) is 9.47 Å². The van der Waals surface area contributed by atoms with E-state index >= 15 is 0 Å². The predicted molar refractivity (Wildman–Crippen MR) is 137 cm³/mol. The molecule has 2 amide bonds. The van der Waals surface area contributed by atoms with Gasteiger partial charge in [0.05, 0.1) is 8.48 Å². The third-order valence-electron chi connectivity index (χ3n) is 5.07. The van der Waals surface area contributed by atoms with Gasteiger partial charge in [-0.2, -0.15) is 0 Å². The minimum atomic E-state index is -0.247. The Hall–Kier alpha value is -2.36. The molecule has 0 spiro atoms. The lowest BCUT2D eigenvalue weighted by molar-refractivity contribution is -0.122. The highest BCUT2D eigenvalue weighted by Gasteiger charge is 2.34. The SMILES string of the molecule is COCCCN1C(=O)S/C(=C/c2ccc(OCc3ccc4ccccc4c3)c(I)c2)C1=O. The average molecular weight is 559 g/mol. The molecule has 0 unspecified atom stereocenters. The molecule has 164 valence electrons. The lowest BCUT2D eigenvalue weighted by Crippen LogP contribution is -2.29. The average Bonchev–Trinajstić information content (AvgIpc) is 3.06. The highest BCUT2D eigenvalue weighted by molar-refractivity contribution is 14.1. The van der Waals surface area contributed by atoms with Crippen molar-refractivity contribution in [2.24, 2.45) is 0 Å². The van der Waals surface area contributed by atoms with Gasteiger partial charge in [0, 0.05) is 20.3 Å². The van der Waals surface area contributed by atoms with E-state index in [0.717, 1.165) is 32.2 Å². The minimum absolute atomic E-state index is 0.234. The van der Waals surface area contributed by atoms with Gasteiger partial charge in [0.1, 0.15) is 12.4 Å². The van der Waals surface area contributed by atoms with Crippen LogP contribution in [0.1, 0.15) is 17.5 Å². The van der Waals surface area contributed by atoms with Gasteiger partial charge >= 0.3 is 0 Å². The Balaban J connectivity index is 1.42. The summed E-state index contributed by atoms with van der Waals surface area (Å²) in [6.45, 7) is 1.36.